The number of nitrogens with one attached hydrogen (secondary N) is 1. The van der Waals surface area contributed by atoms with Gasteiger partial charge in [-0.05, 0) is 148 Å². The molecule has 1 saturated heterocycles. The number of carboxylic acids is 1. The summed E-state index contributed by atoms with van der Waals surface area (Å²) in [6.07, 6.45) is 12.4. The number of ether oxygens (including phenoxy) is 3. The number of methoxy groups -OCH3 is 1. The molecule has 0 aromatic rings. The lowest BCUT2D eigenvalue weighted by atomic mass is 9.32. The number of carbonyl (C=O) groups excluding carboxylic acids is 2. The van der Waals surface area contributed by atoms with Gasteiger partial charge in [-0.15, -0.1) is 0 Å². The molecule has 7 aliphatic rings. The van der Waals surface area contributed by atoms with Crippen LogP contribution in [0.2, 0.25) is 0 Å². The molecule has 7 rings (SSSR count). The second-order valence-electron chi connectivity index (χ2n) is 23.9. The maximum Gasteiger partial charge on any atom is 0.309 e. The highest BCUT2D eigenvalue weighted by molar-refractivity contribution is 5.84. The van der Waals surface area contributed by atoms with Crippen LogP contribution in [-0.4, -0.2) is 85.6 Å². The van der Waals surface area contributed by atoms with E-state index in [0.29, 0.717) is 61.0 Å². The van der Waals surface area contributed by atoms with Gasteiger partial charge in [0, 0.05) is 37.7 Å². The first-order chi connectivity index (χ1) is 27.0. The molecule has 1 aliphatic heterocycles. The van der Waals surface area contributed by atoms with Crippen LogP contribution in [0.1, 0.15) is 153 Å². The Balaban J connectivity index is 1.07. The standard InChI is InChI=1S/C49H82N2O7/c1-30(2)32-15-21-49(42(55)50-43(3,4)29-51-24-18-31(28-51)57-26-25-56-12)23-22-47(10)33(39(32)49)13-14-37-46(9)19-17-38(45(7,8)36(46)16-20-48(37,47)11)58-41(54)35-27-34(40(52)53)44(35,5)6/h30-39H,13-29H2,1-12H3,(H,50,55)(H,52,53)/t31-,32+,33?,34+,35?,36+,37-,38+,39-,46+,47-,48-,49+/m1/s1. The summed E-state index contributed by atoms with van der Waals surface area (Å²) in [5.41, 5.74) is -0.924. The molecule has 7 fully saturated rings. The van der Waals surface area contributed by atoms with E-state index in [1.165, 1.54) is 19.3 Å². The maximum absolute atomic E-state index is 15.1. The predicted molar refractivity (Wildman–Crippen MR) is 227 cm³/mol. The number of carbonyl (C=O) groups is 3. The van der Waals surface area contributed by atoms with E-state index in [2.05, 4.69) is 72.5 Å². The molecule has 6 saturated carbocycles. The zero-order valence-corrected chi connectivity index (χ0v) is 38.6. The van der Waals surface area contributed by atoms with Crippen molar-refractivity contribution in [3.8, 4) is 0 Å². The molecule has 58 heavy (non-hydrogen) atoms. The van der Waals surface area contributed by atoms with Gasteiger partial charge in [0.15, 0.2) is 0 Å². The van der Waals surface area contributed by atoms with Crippen LogP contribution < -0.4 is 5.32 Å². The van der Waals surface area contributed by atoms with E-state index in [1.54, 1.807) is 7.11 Å². The minimum Gasteiger partial charge on any atom is -0.481 e. The quantitative estimate of drug-likeness (QED) is 0.148. The molecule has 330 valence electrons. The first-order valence-electron chi connectivity index (χ1n) is 23.6. The molecule has 0 aromatic heterocycles. The Morgan fingerprint density at radius 2 is 1.53 bits per heavy atom. The van der Waals surface area contributed by atoms with E-state index >= 15 is 4.79 Å². The summed E-state index contributed by atoms with van der Waals surface area (Å²) >= 11 is 0. The molecule has 1 amide bonds. The Morgan fingerprint density at radius 1 is 0.810 bits per heavy atom. The van der Waals surface area contributed by atoms with E-state index in [-0.39, 0.29) is 56.7 Å². The van der Waals surface area contributed by atoms with Crippen molar-refractivity contribution in [1.29, 1.82) is 0 Å². The molecule has 0 spiro atoms. The van der Waals surface area contributed by atoms with Gasteiger partial charge in [0.25, 0.3) is 0 Å². The van der Waals surface area contributed by atoms with Crippen molar-refractivity contribution in [1.82, 2.24) is 10.2 Å². The molecule has 9 nitrogen and oxygen atoms in total. The van der Waals surface area contributed by atoms with Gasteiger partial charge in [-0.25, -0.2) is 0 Å². The summed E-state index contributed by atoms with van der Waals surface area (Å²) in [5.74, 6) is 1.53. The van der Waals surface area contributed by atoms with Crippen LogP contribution in [-0.2, 0) is 28.6 Å². The molecule has 2 N–H and O–H groups in total. The Labute approximate surface area is 351 Å². The van der Waals surface area contributed by atoms with E-state index in [1.807, 2.05) is 13.8 Å². The van der Waals surface area contributed by atoms with Crippen LogP contribution in [0.25, 0.3) is 0 Å². The number of hydrogen-bond acceptors (Lipinski definition) is 7. The topological polar surface area (TPSA) is 114 Å². The third-order valence-electron chi connectivity index (χ3n) is 19.8. The van der Waals surface area contributed by atoms with Gasteiger partial charge in [-0.1, -0.05) is 62.3 Å². The fraction of sp³-hybridized carbons (Fsp3) is 0.939. The zero-order valence-electron chi connectivity index (χ0n) is 38.6. The number of amides is 1. The highest BCUT2D eigenvalue weighted by Gasteiger charge is 2.72. The van der Waals surface area contributed by atoms with E-state index < -0.39 is 17.3 Å². The van der Waals surface area contributed by atoms with Gasteiger partial charge >= 0.3 is 11.9 Å². The van der Waals surface area contributed by atoms with E-state index in [9.17, 15) is 14.7 Å². The van der Waals surface area contributed by atoms with Crippen molar-refractivity contribution in [2.75, 3.05) is 40.0 Å². The third kappa shape index (κ3) is 6.92. The Bertz CT molecular complexity index is 1570. The summed E-state index contributed by atoms with van der Waals surface area (Å²) in [6.45, 7) is 29.7. The molecule has 0 aromatic carbocycles. The van der Waals surface area contributed by atoms with Gasteiger partial charge in [0.2, 0.25) is 5.91 Å². The predicted octanol–water partition coefficient (Wildman–Crippen LogP) is 9.01. The molecule has 13 atom stereocenters. The van der Waals surface area contributed by atoms with Crippen LogP contribution in [0, 0.1) is 79.8 Å². The van der Waals surface area contributed by atoms with Gasteiger partial charge in [-0.3, -0.25) is 19.3 Å². The molecule has 1 heterocycles. The van der Waals surface area contributed by atoms with Crippen molar-refractivity contribution in [3.63, 3.8) is 0 Å². The van der Waals surface area contributed by atoms with Crippen LogP contribution >= 0.6 is 0 Å². The van der Waals surface area contributed by atoms with Crippen molar-refractivity contribution in [2.24, 2.45) is 79.8 Å². The fourth-order valence-corrected chi connectivity index (χ4v) is 16.3. The van der Waals surface area contributed by atoms with Crippen LogP contribution in [0.5, 0.6) is 0 Å². The molecule has 2 unspecified atom stereocenters. The lowest BCUT2D eigenvalue weighted by Crippen LogP contribution is -2.68. The summed E-state index contributed by atoms with van der Waals surface area (Å²) in [7, 11) is 1.71. The summed E-state index contributed by atoms with van der Waals surface area (Å²) in [6, 6.07) is 0. The largest absolute Gasteiger partial charge is 0.481 e. The van der Waals surface area contributed by atoms with Crippen LogP contribution in [0.3, 0.4) is 0 Å². The zero-order chi connectivity index (χ0) is 42.4. The van der Waals surface area contributed by atoms with Crippen molar-refractivity contribution >= 4 is 17.8 Å². The number of esters is 1. The Kier molecular flexibility index (Phi) is 11.7. The average Bonchev–Trinajstić information content (AvgIpc) is 3.74. The van der Waals surface area contributed by atoms with Crippen LogP contribution in [0.15, 0.2) is 0 Å². The van der Waals surface area contributed by atoms with E-state index in [0.717, 1.165) is 71.0 Å². The summed E-state index contributed by atoms with van der Waals surface area (Å²) < 4.78 is 17.7. The van der Waals surface area contributed by atoms with E-state index in [4.69, 9.17) is 14.2 Å². The van der Waals surface area contributed by atoms with Crippen LogP contribution in [0.4, 0.5) is 0 Å². The number of fused-ring (bicyclic) bond motifs is 7. The number of carboxylic acid groups (broad SMARTS) is 1. The lowest BCUT2D eigenvalue weighted by Gasteiger charge is -2.73. The number of aliphatic carboxylic acids is 1. The number of nitrogens with zero attached hydrogens (tertiary/aromatic N) is 1. The van der Waals surface area contributed by atoms with Crippen molar-refractivity contribution in [2.45, 2.75) is 171 Å². The number of hydrogen-bond donors (Lipinski definition) is 2. The normalized spacial score (nSPS) is 44.3. The second-order valence-corrected chi connectivity index (χ2v) is 23.9. The average molecular weight is 811 g/mol. The monoisotopic (exact) mass is 811 g/mol. The highest BCUT2D eigenvalue weighted by Crippen LogP contribution is 2.77. The van der Waals surface area contributed by atoms with Gasteiger partial charge in [0.1, 0.15) is 6.10 Å². The van der Waals surface area contributed by atoms with Gasteiger partial charge in [0.05, 0.1) is 36.6 Å². The minimum atomic E-state index is -0.813. The number of rotatable bonds is 12. The van der Waals surface area contributed by atoms with Gasteiger partial charge < -0.3 is 24.6 Å². The summed E-state index contributed by atoms with van der Waals surface area (Å²) in [4.78, 5) is 43.0. The Hall–Kier alpha value is -1.71. The molecule has 6 aliphatic carbocycles. The molecule has 0 radical (unpaired) electrons. The minimum absolute atomic E-state index is 0.143. The van der Waals surface area contributed by atoms with Crippen molar-refractivity contribution < 1.29 is 33.7 Å². The highest BCUT2D eigenvalue weighted by atomic mass is 16.5. The number of likely N-dealkylation sites (tertiary alicyclic amines) is 1. The molecule has 9 heteroatoms. The summed E-state index contributed by atoms with van der Waals surface area (Å²) in [5, 5.41) is 13.4. The SMILES string of the molecule is COCCO[C@@H]1CCN(CC(C)(C)NC(=O)[C@]23CC[C@@H](C(C)C)[C@@H]2C2CC[C@@H]4[C@@]5(C)CC[C@H](OC(=O)C6C[C@@H](C(=O)O)C6(C)C)C(C)(C)[C@@H]5CC[C@@]4(C)[C@]2(C)CC3)C1. The second kappa shape index (κ2) is 15.3. The Morgan fingerprint density at radius 3 is 2.19 bits per heavy atom. The molecular formula is C49H82N2O7. The maximum atomic E-state index is 15.1. The molecular weight excluding hydrogens is 729 g/mol. The first-order valence-corrected chi connectivity index (χ1v) is 23.6. The lowest BCUT2D eigenvalue weighted by molar-refractivity contribution is -0.252. The van der Waals surface area contributed by atoms with Crippen molar-refractivity contribution in [3.05, 3.63) is 0 Å². The smallest absolute Gasteiger partial charge is 0.309 e. The molecule has 0 bridgehead atoms. The van der Waals surface area contributed by atoms with Gasteiger partial charge in [-0.2, -0.15) is 0 Å². The third-order valence-corrected chi connectivity index (χ3v) is 19.8. The first kappa shape index (κ1) is 44.3. The fourth-order valence-electron chi connectivity index (χ4n) is 16.3.